The highest BCUT2D eigenvalue weighted by Crippen LogP contribution is 2.29. The van der Waals surface area contributed by atoms with Crippen LogP contribution >= 0.6 is 0 Å². The van der Waals surface area contributed by atoms with E-state index >= 15 is 0 Å². The average molecular weight is 263 g/mol. The van der Waals surface area contributed by atoms with Gasteiger partial charge in [-0.15, -0.1) is 0 Å². The van der Waals surface area contributed by atoms with Crippen molar-refractivity contribution in [3.8, 4) is 0 Å². The normalized spacial score (nSPS) is 12.0. The van der Waals surface area contributed by atoms with Gasteiger partial charge in [0.25, 0.3) is 0 Å². The molecule has 0 aliphatic rings. The maximum absolute atomic E-state index is 12.5. The van der Waals surface area contributed by atoms with Crippen LogP contribution in [-0.2, 0) is 6.18 Å². The molecular formula is C15H12F3N. The predicted molar refractivity (Wildman–Crippen MR) is 69.9 cm³/mol. The minimum Gasteiger partial charge on any atom is -0.256 e. The molecule has 0 fully saturated rings. The van der Waals surface area contributed by atoms with Crippen LogP contribution in [0.3, 0.4) is 0 Å². The van der Waals surface area contributed by atoms with E-state index in [9.17, 15) is 13.2 Å². The van der Waals surface area contributed by atoms with Crippen LogP contribution < -0.4 is 0 Å². The summed E-state index contributed by atoms with van der Waals surface area (Å²) in [5, 5.41) is 0. The Morgan fingerprint density at radius 1 is 1.00 bits per heavy atom. The number of benzene rings is 2. The summed E-state index contributed by atoms with van der Waals surface area (Å²) in [6.07, 6.45) is -2.89. The largest absolute Gasteiger partial charge is 0.416 e. The molecule has 0 saturated carbocycles. The fourth-order valence-electron chi connectivity index (χ4n) is 1.65. The molecule has 0 aliphatic carbocycles. The zero-order valence-electron chi connectivity index (χ0n) is 10.3. The van der Waals surface area contributed by atoms with Crippen molar-refractivity contribution in [2.75, 3.05) is 0 Å². The monoisotopic (exact) mass is 263 g/mol. The van der Waals surface area contributed by atoms with E-state index in [1.165, 1.54) is 12.3 Å². The number of hydrogen-bond acceptors (Lipinski definition) is 1. The molecule has 0 N–H and O–H groups in total. The predicted octanol–water partition coefficient (Wildman–Crippen LogP) is 4.76. The minimum absolute atomic E-state index is 0.427. The Labute approximate surface area is 109 Å². The van der Waals surface area contributed by atoms with Crippen molar-refractivity contribution < 1.29 is 13.2 Å². The highest BCUT2D eigenvalue weighted by Gasteiger charge is 2.30. The molecule has 0 amide bonds. The Hall–Kier alpha value is -2.10. The zero-order chi connectivity index (χ0) is 13.9. The standard InChI is InChI=1S/C15H12F3N/c1-11-4-2-7-14(8-11)19-10-12-5-3-6-13(9-12)15(16,17)18/h2-10H,1H3. The van der Waals surface area contributed by atoms with Crippen molar-refractivity contribution in [3.05, 3.63) is 65.2 Å². The third-order valence-electron chi connectivity index (χ3n) is 2.58. The Morgan fingerprint density at radius 3 is 2.42 bits per heavy atom. The van der Waals surface area contributed by atoms with E-state index in [2.05, 4.69) is 4.99 Å². The van der Waals surface area contributed by atoms with Crippen molar-refractivity contribution in [3.63, 3.8) is 0 Å². The van der Waals surface area contributed by atoms with Gasteiger partial charge in [0.15, 0.2) is 0 Å². The van der Waals surface area contributed by atoms with Crippen LogP contribution in [0.25, 0.3) is 0 Å². The molecule has 98 valence electrons. The number of nitrogens with zero attached hydrogens (tertiary/aromatic N) is 1. The zero-order valence-corrected chi connectivity index (χ0v) is 10.3. The molecule has 0 bridgehead atoms. The summed E-state index contributed by atoms with van der Waals surface area (Å²) in [7, 11) is 0. The molecule has 0 atom stereocenters. The third kappa shape index (κ3) is 3.68. The summed E-state index contributed by atoms with van der Waals surface area (Å²) in [6.45, 7) is 1.93. The first-order valence-corrected chi connectivity index (χ1v) is 5.73. The van der Waals surface area contributed by atoms with Crippen molar-refractivity contribution in [2.24, 2.45) is 4.99 Å². The molecule has 0 aromatic heterocycles. The lowest BCUT2D eigenvalue weighted by atomic mass is 10.1. The van der Waals surface area contributed by atoms with Crippen LogP contribution in [0.2, 0.25) is 0 Å². The van der Waals surface area contributed by atoms with Gasteiger partial charge in [0, 0.05) is 6.21 Å². The number of aliphatic imine (C=N–C) groups is 1. The van der Waals surface area contributed by atoms with Gasteiger partial charge in [-0.3, -0.25) is 4.99 Å². The van der Waals surface area contributed by atoms with E-state index in [0.717, 1.165) is 23.4 Å². The Morgan fingerprint density at radius 2 is 1.74 bits per heavy atom. The fraction of sp³-hybridized carbons (Fsp3) is 0.133. The highest BCUT2D eigenvalue weighted by atomic mass is 19.4. The van der Waals surface area contributed by atoms with Crippen LogP contribution in [0.5, 0.6) is 0 Å². The first-order valence-electron chi connectivity index (χ1n) is 5.73. The first kappa shape index (κ1) is 13.3. The number of alkyl halides is 3. The van der Waals surface area contributed by atoms with Crippen molar-refractivity contribution in [1.29, 1.82) is 0 Å². The molecule has 2 rings (SSSR count). The van der Waals surface area contributed by atoms with Crippen LogP contribution in [0, 0.1) is 6.92 Å². The number of aryl methyl sites for hydroxylation is 1. The summed E-state index contributed by atoms with van der Waals surface area (Å²) in [5.41, 5.74) is 1.54. The summed E-state index contributed by atoms with van der Waals surface area (Å²) < 4.78 is 37.6. The van der Waals surface area contributed by atoms with Gasteiger partial charge in [0.05, 0.1) is 11.3 Å². The summed E-state index contributed by atoms with van der Waals surface area (Å²) in [4.78, 5) is 4.17. The molecule has 0 saturated heterocycles. The molecule has 19 heavy (non-hydrogen) atoms. The summed E-state index contributed by atoms with van der Waals surface area (Å²) in [6, 6.07) is 12.6. The van der Waals surface area contributed by atoms with Crippen molar-refractivity contribution >= 4 is 11.9 Å². The minimum atomic E-state index is -4.33. The van der Waals surface area contributed by atoms with Gasteiger partial charge in [-0.25, -0.2) is 0 Å². The van der Waals surface area contributed by atoms with Crippen LogP contribution in [0.1, 0.15) is 16.7 Å². The van der Waals surface area contributed by atoms with Crippen molar-refractivity contribution in [1.82, 2.24) is 0 Å². The summed E-state index contributed by atoms with van der Waals surface area (Å²) in [5.74, 6) is 0. The summed E-state index contributed by atoms with van der Waals surface area (Å²) >= 11 is 0. The van der Waals surface area contributed by atoms with Gasteiger partial charge in [0.1, 0.15) is 0 Å². The number of rotatable bonds is 2. The molecule has 0 unspecified atom stereocenters. The third-order valence-corrected chi connectivity index (χ3v) is 2.58. The smallest absolute Gasteiger partial charge is 0.256 e. The van der Waals surface area contributed by atoms with Gasteiger partial charge in [-0.1, -0.05) is 24.3 Å². The van der Waals surface area contributed by atoms with Crippen LogP contribution in [0.15, 0.2) is 53.5 Å². The Balaban J connectivity index is 2.24. The lowest BCUT2D eigenvalue weighted by Gasteiger charge is -2.06. The van der Waals surface area contributed by atoms with Gasteiger partial charge in [-0.2, -0.15) is 13.2 Å². The highest BCUT2D eigenvalue weighted by molar-refractivity contribution is 5.82. The van der Waals surface area contributed by atoms with Crippen molar-refractivity contribution in [2.45, 2.75) is 13.1 Å². The van der Waals surface area contributed by atoms with Gasteiger partial charge < -0.3 is 0 Å². The van der Waals surface area contributed by atoms with Crippen LogP contribution in [-0.4, -0.2) is 6.21 Å². The second-order valence-corrected chi connectivity index (χ2v) is 4.22. The Bertz CT molecular complexity index is 600. The van der Waals surface area contributed by atoms with E-state index in [4.69, 9.17) is 0 Å². The topological polar surface area (TPSA) is 12.4 Å². The van der Waals surface area contributed by atoms with E-state index < -0.39 is 11.7 Å². The second-order valence-electron chi connectivity index (χ2n) is 4.22. The van der Waals surface area contributed by atoms with Crippen LogP contribution in [0.4, 0.5) is 18.9 Å². The van der Waals surface area contributed by atoms with E-state index in [-0.39, 0.29) is 0 Å². The van der Waals surface area contributed by atoms with E-state index in [1.54, 1.807) is 12.1 Å². The fourth-order valence-corrected chi connectivity index (χ4v) is 1.65. The quantitative estimate of drug-likeness (QED) is 0.692. The Kier molecular flexibility index (Phi) is 3.69. The molecule has 0 heterocycles. The molecule has 1 nitrogen and oxygen atoms in total. The molecule has 0 aliphatic heterocycles. The maximum atomic E-state index is 12.5. The second kappa shape index (κ2) is 5.26. The molecule has 0 spiro atoms. The number of hydrogen-bond donors (Lipinski definition) is 0. The molecule has 2 aromatic rings. The molecule has 4 heteroatoms. The lowest BCUT2D eigenvalue weighted by Crippen LogP contribution is -2.04. The average Bonchev–Trinajstić information content (AvgIpc) is 2.36. The molecule has 0 radical (unpaired) electrons. The molecule has 2 aromatic carbocycles. The lowest BCUT2D eigenvalue weighted by molar-refractivity contribution is -0.137. The van der Waals surface area contributed by atoms with E-state index in [0.29, 0.717) is 5.56 Å². The van der Waals surface area contributed by atoms with E-state index in [1.807, 2.05) is 25.1 Å². The van der Waals surface area contributed by atoms with Gasteiger partial charge in [-0.05, 0) is 42.3 Å². The van der Waals surface area contributed by atoms with Gasteiger partial charge in [0.2, 0.25) is 0 Å². The first-order chi connectivity index (χ1) is 8.95. The van der Waals surface area contributed by atoms with Gasteiger partial charge >= 0.3 is 6.18 Å². The number of halogens is 3. The molecular weight excluding hydrogens is 251 g/mol. The maximum Gasteiger partial charge on any atom is 0.416 e. The SMILES string of the molecule is Cc1cccc(N=Cc2cccc(C(F)(F)F)c2)c1.